The van der Waals surface area contributed by atoms with Gasteiger partial charge in [0.05, 0.1) is 0 Å². The minimum Gasteiger partial charge on any atom is -0.356 e. The standard InChI is InChI=1S/C23H31N5O2/c1-15-16(2)25-21(27-22(15)29)18-8-9-20(24-14-18)28-12-10-19(11-13-28)26-23(30)17-6-4-3-5-7-17/h8-9,14,17,19H,3-7,10-13H2,1-2H3,(H,26,30)(H,25,27,29). The lowest BCUT2D eigenvalue weighted by atomic mass is 9.88. The molecule has 1 amide bonds. The summed E-state index contributed by atoms with van der Waals surface area (Å²) in [5.41, 5.74) is 2.06. The summed E-state index contributed by atoms with van der Waals surface area (Å²) >= 11 is 0. The van der Waals surface area contributed by atoms with Gasteiger partial charge in [0, 0.05) is 48.1 Å². The molecule has 2 aromatic rings. The summed E-state index contributed by atoms with van der Waals surface area (Å²) < 4.78 is 0. The molecule has 7 nitrogen and oxygen atoms in total. The second-order valence-corrected chi connectivity index (χ2v) is 8.63. The number of hydrogen-bond donors (Lipinski definition) is 2. The van der Waals surface area contributed by atoms with E-state index in [0.29, 0.717) is 11.4 Å². The normalized spacial score (nSPS) is 18.4. The topological polar surface area (TPSA) is 91.0 Å². The molecule has 0 radical (unpaired) electrons. The number of carbonyl (C=O) groups excluding carboxylic acids is 1. The van der Waals surface area contributed by atoms with Crippen LogP contribution in [0.5, 0.6) is 0 Å². The van der Waals surface area contributed by atoms with Crippen molar-refractivity contribution in [2.24, 2.45) is 5.92 Å². The lowest BCUT2D eigenvalue weighted by Crippen LogP contribution is -2.46. The van der Waals surface area contributed by atoms with Crippen LogP contribution in [0.25, 0.3) is 11.4 Å². The minimum atomic E-state index is -0.112. The monoisotopic (exact) mass is 409 g/mol. The summed E-state index contributed by atoms with van der Waals surface area (Å²) in [4.78, 5) is 38.6. The summed E-state index contributed by atoms with van der Waals surface area (Å²) in [5, 5.41) is 3.28. The highest BCUT2D eigenvalue weighted by Gasteiger charge is 2.26. The van der Waals surface area contributed by atoms with Crippen LogP contribution in [0.15, 0.2) is 23.1 Å². The van der Waals surface area contributed by atoms with Crippen LogP contribution in [0.3, 0.4) is 0 Å². The Bertz CT molecular complexity index is 939. The number of aryl methyl sites for hydroxylation is 1. The first kappa shape index (κ1) is 20.6. The van der Waals surface area contributed by atoms with E-state index >= 15 is 0 Å². The smallest absolute Gasteiger partial charge is 0.254 e. The number of nitrogens with zero attached hydrogens (tertiary/aromatic N) is 3. The molecule has 0 aromatic carbocycles. The second-order valence-electron chi connectivity index (χ2n) is 8.63. The van der Waals surface area contributed by atoms with E-state index in [1.54, 1.807) is 13.1 Å². The molecule has 3 heterocycles. The number of aromatic nitrogens is 3. The first-order chi connectivity index (χ1) is 14.5. The molecule has 2 fully saturated rings. The Kier molecular flexibility index (Phi) is 6.16. The zero-order valence-corrected chi connectivity index (χ0v) is 17.9. The number of nitrogens with one attached hydrogen (secondary N) is 2. The van der Waals surface area contributed by atoms with Gasteiger partial charge in [0.15, 0.2) is 0 Å². The quantitative estimate of drug-likeness (QED) is 0.810. The Labute approximate surface area is 177 Å². The lowest BCUT2D eigenvalue weighted by Gasteiger charge is -2.34. The van der Waals surface area contributed by atoms with Gasteiger partial charge in [-0.25, -0.2) is 9.97 Å². The number of hydrogen-bond acceptors (Lipinski definition) is 5. The van der Waals surface area contributed by atoms with E-state index < -0.39 is 0 Å². The Balaban J connectivity index is 1.34. The number of rotatable bonds is 4. The fourth-order valence-corrected chi connectivity index (χ4v) is 4.43. The number of aromatic amines is 1. The van der Waals surface area contributed by atoms with Crippen LogP contribution in [0.1, 0.15) is 56.2 Å². The molecule has 2 N–H and O–H groups in total. The minimum absolute atomic E-state index is 0.112. The molecule has 4 rings (SSSR count). The number of H-pyrrole nitrogens is 1. The van der Waals surface area contributed by atoms with Crippen LogP contribution in [-0.2, 0) is 4.79 Å². The van der Waals surface area contributed by atoms with Crippen molar-refractivity contribution in [3.63, 3.8) is 0 Å². The maximum Gasteiger partial charge on any atom is 0.254 e. The van der Waals surface area contributed by atoms with E-state index in [9.17, 15) is 9.59 Å². The Morgan fingerprint density at radius 2 is 1.83 bits per heavy atom. The molecular formula is C23H31N5O2. The fraction of sp³-hybridized carbons (Fsp3) is 0.565. The van der Waals surface area contributed by atoms with Gasteiger partial charge in [0.25, 0.3) is 5.56 Å². The first-order valence-electron chi connectivity index (χ1n) is 11.1. The molecule has 1 saturated carbocycles. The third-order valence-corrected chi connectivity index (χ3v) is 6.56. The summed E-state index contributed by atoms with van der Waals surface area (Å²) in [5.74, 6) is 1.94. The van der Waals surface area contributed by atoms with Crippen molar-refractivity contribution in [3.05, 3.63) is 39.9 Å². The van der Waals surface area contributed by atoms with E-state index in [4.69, 9.17) is 0 Å². The molecule has 0 atom stereocenters. The molecule has 2 aliphatic rings. The molecule has 7 heteroatoms. The van der Waals surface area contributed by atoms with Crippen molar-refractivity contribution in [2.75, 3.05) is 18.0 Å². The van der Waals surface area contributed by atoms with Gasteiger partial charge in [-0.15, -0.1) is 0 Å². The molecule has 0 spiro atoms. The summed E-state index contributed by atoms with van der Waals surface area (Å²) in [7, 11) is 0. The summed E-state index contributed by atoms with van der Waals surface area (Å²) in [6.07, 6.45) is 9.36. The Morgan fingerprint density at radius 1 is 1.10 bits per heavy atom. The van der Waals surface area contributed by atoms with Gasteiger partial charge in [-0.05, 0) is 51.7 Å². The predicted octanol–water partition coefficient (Wildman–Crippen LogP) is 3.11. The van der Waals surface area contributed by atoms with Gasteiger partial charge in [-0.3, -0.25) is 9.59 Å². The van der Waals surface area contributed by atoms with Gasteiger partial charge in [0.1, 0.15) is 11.6 Å². The number of carbonyl (C=O) groups is 1. The SMILES string of the molecule is Cc1nc(-c2ccc(N3CCC(NC(=O)C4CCCCC4)CC3)nc2)[nH]c(=O)c1C. The predicted molar refractivity (Wildman–Crippen MR) is 118 cm³/mol. The number of piperidine rings is 1. The van der Waals surface area contributed by atoms with Crippen molar-refractivity contribution in [2.45, 2.75) is 64.8 Å². The highest BCUT2D eigenvalue weighted by molar-refractivity contribution is 5.79. The van der Waals surface area contributed by atoms with Gasteiger partial charge >= 0.3 is 0 Å². The van der Waals surface area contributed by atoms with E-state index in [-0.39, 0.29) is 23.4 Å². The molecule has 30 heavy (non-hydrogen) atoms. The maximum absolute atomic E-state index is 12.5. The zero-order chi connectivity index (χ0) is 21.1. The van der Waals surface area contributed by atoms with Crippen molar-refractivity contribution in [3.8, 4) is 11.4 Å². The lowest BCUT2D eigenvalue weighted by molar-refractivity contribution is -0.126. The van der Waals surface area contributed by atoms with Crippen molar-refractivity contribution in [1.82, 2.24) is 20.3 Å². The summed E-state index contributed by atoms with van der Waals surface area (Å²) in [6.45, 7) is 5.36. The van der Waals surface area contributed by atoms with Crippen LogP contribution in [-0.4, -0.2) is 40.0 Å². The van der Waals surface area contributed by atoms with Crippen LogP contribution in [0, 0.1) is 19.8 Å². The van der Waals surface area contributed by atoms with Crippen LogP contribution in [0.4, 0.5) is 5.82 Å². The molecule has 1 saturated heterocycles. The van der Waals surface area contributed by atoms with Crippen molar-refractivity contribution >= 4 is 11.7 Å². The Morgan fingerprint density at radius 3 is 2.47 bits per heavy atom. The number of anilines is 1. The van der Waals surface area contributed by atoms with E-state index in [2.05, 4.69) is 25.2 Å². The average Bonchev–Trinajstić information content (AvgIpc) is 2.78. The van der Waals surface area contributed by atoms with Crippen LogP contribution < -0.4 is 15.8 Å². The average molecular weight is 410 g/mol. The van der Waals surface area contributed by atoms with Crippen LogP contribution in [0.2, 0.25) is 0 Å². The summed E-state index contributed by atoms with van der Waals surface area (Å²) in [6, 6.07) is 4.19. The highest BCUT2D eigenvalue weighted by Crippen LogP contribution is 2.25. The molecule has 0 bridgehead atoms. The maximum atomic E-state index is 12.5. The molecule has 1 aliphatic carbocycles. The van der Waals surface area contributed by atoms with Crippen LogP contribution >= 0.6 is 0 Å². The van der Waals surface area contributed by atoms with Crippen molar-refractivity contribution in [1.29, 1.82) is 0 Å². The molecular weight excluding hydrogens is 378 g/mol. The number of amides is 1. The molecule has 160 valence electrons. The zero-order valence-electron chi connectivity index (χ0n) is 17.9. The van der Waals surface area contributed by atoms with Gasteiger partial charge in [-0.1, -0.05) is 19.3 Å². The van der Waals surface area contributed by atoms with E-state index in [1.165, 1.54) is 19.3 Å². The largest absolute Gasteiger partial charge is 0.356 e. The second kappa shape index (κ2) is 8.98. The molecule has 0 unspecified atom stereocenters. The number of pyridine rings is 1. The van der Waals surface area contributed by atoms with Gasteiger partial charge < -0.3 is 15.2 Å². The van der Waals surface area contributed by atoms with Gasteiger partial charge in [0.2, 0.25) is 5.91 Å². The van der Waals surface area contributed by atoms with Crippen molar-refractivity contribution < 1.29 is 4.79 Å². The third-order valence-electron chi connectivity index (χ3n) is 6.56. The molecule has 1 aliphatic heterocycles. The Hall–Kier alpha value is -2.70. The third kappa shape index (κ3) is 4.55. The fourth-order valence-electron chi connectivity index (χ4n) is 4.43. The van der Waals surface area contributed by atoms with E-state index in [0.717, 1.165) is 55.8 Å². The van der Waals surface area contributed by atoms with E-state index in [1.807, 2.05) is 19.1 Å². The van der Waals surface area contributed by atoms with Gasteiger partial charge in [-0.2, -0.15) is 0 Å². The first-order valence-corrected chi connectivity index (χ1v) is 11.1. The molecule has 2 aromatic heterocycles. The highest BCUT2D eigenvalue weighted by atomic mass is 16.2.